The molecule has 0 amide bonds. The third kappa shape index (κ3) is 2.86. The second-order valence-corrected chi connectivity index (χ2v) is 5.06. The Hall–Kier alpha value is -1.46. The van der Waals surface area contributed by atoms with E-state index in [4.69, 9.17) is 5.73 Å². The van der Waals surface area contributed by atoms with Gasteiger partial charge in [0.15, 0.2) is 0 Å². The quantitative estimate of drug-likeness (QED) is 0.855. The molecular formula is C12H16F3N3. The zero-order chi connectivity index (χ0) is 13.4. The van der Waals surface area contributed by atoms with E-state index >= 15 is 0 Å². The number of aromatic nitrogens is 1. The summed E-state index contributed by atoms with van der Waals surface area (Å²) in [5.41, 5.74) is 4.48. The van der Waals surface area contributed by atoms with Crippen molar-refractivity contribution in [1.29, 1.82) is 0 Å². The van der Waals surface area contributed by atoms with Gasteiger partial charge in [0, 0.05) is 5.54 Å². The molecule has 0 radical (unpaired) electrons. The predicted molar refractivity (Wildman–Crippen MR) is 64.1 cm³/mol. The van der Waals surface area contributed by atoms with Crippen molar-refractivity contribution in [2.45, 2.75) is 44.3 Å². The molecule has 0 atom stereocenters. The summed E-state index contributed by atoms with van der Waals surface area (Å²) in [5.74, 6) is 0.0839. The van der Waals surface area contributed by atoms with Crippen LogP contribution in [0.2, 0.25) is 0 Å². The van der Waals surface area contributed by atoms with E-state index in [2.05, 4.69) is 10.3 Å². The Kier molecular flexibility index (Phi) is 3.12. The third-order valence-corrected chi connectivity index (χ3v) is 3.31. The zero-order valence-corrected chi connectivity index (χ0v) is 10.1. The summed E-state index contributed by atoms with van der Waals surface area (Å²) in [5, 5.41) is 3.08. The van der Waals surface area contributed by atoms with E-state index < -0.39 is 11.7 Å². The van der Waals surface area contributed by atoms with E-state index in [1.54, 1.807) is 0 Å². The highest BCUT2D eigenvalue weighted by atomic mass is 19.4. The van der Waals surface area contributed by atoms with Crippen molar-refractivity contribution in [3.05, 3.63) is 17.7 Å². The molecule has 0 saturated heterocycles. The molecule has 0 unspecified atom stereocenters. The second kappa shape index (κ2) is 4.33. The van der Waals surface area contributed by atoms with E-state index in [0.717, 1.165) is 37.8 Å². The minimum absolute atomic E-state index is 0.117. The minimum Gasteiger partial charge on any atom is -0.384 e. The van der Waals surface area contributed by atoms with Crippen LogP contribution in [-0.4, -0.2) is 10.5 Å². The van der Waals surface area contributed by atoms with Crippen molar-refractivity contribution >= 4 is 11.6 Å². The Morgan fingerprint density at radius 1 is 1.28 bits per heavy atom. The molecule has 1 aliphatic rings. The first-order valence-electron chi connectivity index (χ1n) is 5.91. The van der Waals surface area contributed by atoms with Crippen LogP contribution in [0.25, 0.3) is 0 Å². The minimum atomic E-state index is -4.40. The Bertz CT molecular complexity index is 437. The molecule has 0 bridgehead atoms. The SMILES string of the molecule is CC1(Nc2cc(C(F)(F)F)cc(N)n2)CCCC1. The van der Waals surface area contributed by atoms with Gasteiger partial charge in [-0.25, -0.2) is 4.98 Å². The number of hydrogen-bond acceptors (Lipinski definition) is 3. The van der Waals surface area contributed by atoms with E-state index in [1.807, 2.05) is 6.92 Å². The first-order valence-corrected chi connectivity index (χ1v) is 5.91. The van der Waals surface area contributed by atoms with Gasteiger partial charge in [0.2, 0.25) is 0 Å². The largest absolute Gasteiger partial charge is 0.416 e. The molecular weight excluding hydrogens is 243 g/mol. The molecule has 3 nitrogen and oxygen atoms in total. The molecule has 100 valence electrons. The molecule has 1 fully saturated rings. The van der Waals surface area contributed by atoms with Crippen molar-refractivity contribution in [1.82, 2.24) is 4.98 Å². The Balaban J connectivity index is 2.25. The maximum Gasteiger partial charge on any atom is 0.416 e. The van der Waals surface area contributed by atoms with Crippen LogP contribution in [0, 0.1) is 0 Å². The summed E-state index contributed by atoms with van der Waals surface area (Å²) in [4.78, 5) is 3.92. The summed E-state index contributed by atoms with van der Waals surface area (Å²) in [6.45, 7) is 2.00. The van der Waals surface area contributed by atoms with Crippen LogP contribution in [-0.2, 0) is 6.18 Å². The summed E-state index contributed by atoms with van der Waals surface area (Å²) >= 11 is 0. The lowest BCUT2D eigenvalue weighted by Crippen LogP contribution is -2.31. The lowest BCUT2D eigenvalue weighted by atomic mass is 10.0. The first-order chi connectivity index (χ1) is 8.28. The van der Waals surface area contributed by atoms with Gasteiger partial charge >= 0.3 is 6.18 Å². The topological polar surface area (TPSA) is 50.9 Å². The van der Waals surface area contributed by atoms with Crippen LogP contribution in [0.4, 0.5) is 24.8 Å². The lowest BCUT2D eigenvalue weighted by Gasteiger charge is -2.26. The summed E-state index contributed by atoms with van der Waals surface area (Å²) < 4.78 is 37.9. The molecule has 1 heterocycles. The van der Waals surface area contributed by atoms with Gasteiger partial charge in [0.25, 0.3) is 0 Å². The number of nitrogen functional groups attached to an aromatic ring is 1. The van der Waals surface area contributed by atoms with Gasteiger partial charge in [-0.1, -0.05) is 12.8 Å². The monoisotopic (exact) mass is 259 g/mol. The Labute approximate surface area is 104 Å². The van der Waals surface area contributed by atoms with Crippen LogP contribution >= 0.6 is 0 Å². The zero-order valence-electron chi connectivity index (χ0n) is 10.1. The van der Waals surface area contributed by atoms with Crippen molar-refractivity contribution in [3.63, 3.8) is 0 Å². The van der Waals surface area contributed by atoms with Gasteiger partial charge in [-0.3, -0.25) is 0 Å². The van der Waals surface area contributed by atoms with Crippen LogP contribution in [0.5, 0.6) is 0 Å². The van der Waals surface area contributed by atoms with Crippen molar-refractivity contribution in [2.75, 3.05) is 11.1 Å². The number of rotatable bonds is 2. The molecule has 3 N–H and O–H groups in total. The maximum absolute atomic E-state index is 12.6. The highest BCUT2D eigenvalue weighted by molar-refractivity contribution is 5.48. The number of anilines is 2. The number of nitrogens with two attached hydrogens (primary N) is 1. The van der Waals surface area contributed by atoms with Crippen LogP contribution < -0.4 is 11.1 Å². The Morgan fingerprint density at radius 2 is 1.89 bits per heavy atom. The van der Waals surface area contributed by atoms with Crippen LogP contribution in [0.15, 0.2) is 12.1 Å². The molecule has 2 rings (SSSR count). The lowest BCUT2D eigenvalue weighted by molar-refractivity contribution is -0.137. The molecule has 1 saturated carbocycles. The fourth-order valence-corrected chi connectivity index (χ4v) is 2.37. The molecule has 1 aromatic rings. The number of nitrogens with one attached hydrogen (secondary N) is 1. The van der Waals surface area contributed by atoms with E-state index in [0.29, 0.717) is 0 Å². The van der Waals surface area contributed by atoms with E-state index in [1.165, 1.54) is 0 Å². The second-order valence-electron chi connectivity index (χ2n) is 5.06. The van der Waals surface area contributed by atoms with Gasteiger partial charge in [-0.15, -0.1) is 0 Å². The average molecular weight is 259 g/mol. The molecule has 18 heavy (non-hydrogen) atoms. The van der Waals surface area contributed by atoms with Gasteiger partial charge in [0.1, 0.15) is 11.6 Å². The van der Waals surface area contributed by atoms with Gasteiger partial charge < -0.3 is 11.1 Å². The van der Waals surface area contributed by atoms with Gasteiger partial charge in [0.05, 0.1) is 5.56 Å². The predicted octanol–water partition coefficient (Wildman–Crippen LogP) is 3.43. The van der Waals surface area contributed by atoms with Crippen molar-refractivity contribution in [2.24, 2.45) is 0 Å². The van der Waals surface area contributed by atoms with Crippen LogP contribution in [0.3, 0.4) is 0 Å². The summed E-state index contributed by atoms with van der Waals surface area (Å²) in [6, 6.07) is 1.86. The molecule has 0 spiro atoms. The normalized spacial score (nSPS) is 18.9. The number of hydrogen-bond donors (Lipinski definition) is 2. The summed E-state index contributed by atoms with van der Waals surface area (Å²) in [7, 11) is 0. The average Bonchev–Trinajstić information content (AvgIpc) is 2.62. The molecule has 0 aliphatic heterocycles. The highest BCUT2D eigenvalue weighted by Crippen LogP contribution is 2.35. The number of nitrogens with zero attached hydrogens (tertiary/aromatic N) is 1. The van der Waals surface area contributed by atoms with Gasteiger partial charge in [-0.2, -0.15) is 13.2 Å². The summed E-state index contributed by atoms with van der Waals surface area (Å²) in [6.07, 6.45) is -0.365. The van der Waals surface area contributed by atoms with E-state index in [9.17, 15) is 13.2 Å². The highest BCUT2D eigenvalue weighted by Gasteiger charge is 2.33. The first kappa shape index (κ1) is 13.0. The van der Waals surface area contributed by atoms with Gasteiger partial charge in [-0.05, 0) is 31.9 Å². The molecule has 0 aromatic carbocycles. The van der Waals surface area contributed by atoms with Crippen LogP contribution in [0.1, 0.15) is 38.2 Å². The fraction of sp³-hybridized carbons (Fsp3) is 0.583. The number of alkyl halides is 3. The molecule has 1 aliphatic carbocycles. The van der Waals surface area contributed by atoms with E-state index in [-0.39, 0.29) is 17.2 Å². The van der Waals surface area contributed by atoms with Crippen molar-refractivity contribution < 1.29 is 13.2 Å². The number of pyridine rings is 1. The standard InChI is InChI=1S/C12H16F3N3/c1-11(4-2-3-5-11)18-10-7-8(12(13,14)15)6-9(16)17-10/h6-7H,2-5H2,1H3,(H3,16,17,18). The third-order valence-electron chi connectivity index (χ3n) is 3.31. The smallest absolute Gasteiger partial charge is 0.384 e. The maximum atomic E-state index is 12.6. The Morgan fingerprint density at radius 3 is 2.44 bits per heavy atom. The molecule has 6 heteroatoms. The van der Waals surface area contributed by atoms with Crippen molar-refractivity contribution in [3.8, 4) is 0 Å². The number of halogens is 3. The molecule has 1 aromatic heterocycles. The fourth-order valence-electron chi connectivity index (χ4n) is 2.37.